The number of sulfonamides is 1. The van der Waals surface area contributed by atoms with Crippen molar-refractivity contribution >= 4 is 44.1 Å². The molecule has 1 aliphatic rings. The first kappa shape index (κ1) is 23.5. The molecule has 10 heteroatoms. The molecule has 8 nitrogen and oxygen atoms in total. The number of piperidine rings is 1. The fourth-order valence-corrected chi connectivity index (χ4v) is 7.11. The number of benzene rings is 1. The lowest BCUT2D eigenvalue weighted by Gasteiger charge is -2.34. The number of carbonyl (C=O) groups excluding carboxylic acids is 2. The molecule has 4 rings (SSSR count). The smallest absolute Gasteiger partial charge is 0.309 e. The number of nitrogens with zero attached hydrogens (tertiary/aromatic N) is 1. The Morgan fingerprint density at radius 3 is 2.64 bits per heavy atom. The van der Waals surface area contributed by atoms with Gasteiger partial charge in [-0.3, -0.25) is 9.59 Å². The summed E-state index contributed by atoms with van der Waals surface area (Å²) in [6.45, 7) is 1.08. The molecule has 3 aromatic rings. The molecule has 1 saturated heterocycles. The third-order valence-electron chi connectivity index (χ3n) is 5.96. The van der Waals surface area contributed by atoms with Crippen molar-refractivity contribution < 1.29 is 18.0 Å². The van der Waals surface area contributed by atoms with E-state index in [1.165, 1.54) is 11.3 Å². The van der Waals surface area contributed by atoms with Crippen LogP contribution in [0.5, 0.6) is 0 Å². The van der Waals surface area contributed by atoms with Gasteiger partial charge in [0.25, 0.3) is 10.0 Å². The number of nitrogens with one attached hydrogen (secondary N) is 3. The van der Waals surface area contributed by atoms with E-state index in [9.17, 15) is 18.0 Å². The summed E-state index contributed by atoms with van der Waals surface area (Å²) in [4.78, 5) is 27.5. The van der Waals surface area contributed by atoms with Crippen LogP contribution in [0.15, 0.2) is 52.2 Å². The van der Waals surface area contributed by atoms with Crippen molar-refractivity contribution in [2.75, 3.05) is 19.6 Å². The van der Waals surface area contributed by atoms with Crippen LogP contribution in [-0.2, 0) is 26.0 Å². The van der Waals surface area contributed by atoms with Crippen LogP contribution in [0.25, 0.3) is 10.9 Å². The van der Waals surface area contributed by atoms with Crippen molar-refractivity contribution in [1.82, 2.24) is 19.9 Å². The number of hydrogen-bond acceptors (Lipinski definition) is 5. The zero-order valence-corrected chi connectivity index (χ0v) is 19.9. The van der Waals surface area contributed by atoms with E-state index in [1.807, 2.05) is 30.5 Å². The first-order valence-corrected chi connectivity index (χ1v) is 13.4. The number of fused-ring (bicyclic) bond motifs is 1. The second-order valence-electron chi connectivity index (χ2n) is 8.11. The Hall–Kier alpha value is -2.69. The first-order chi connectivity index (χ1) is 16.0. The predicted molar refractivity (Wildman–Crippen MR) is 128 cm³/mol. The molecule has 1 aliphatic heterocycles. The van der Waals surface area contributed by atoms with E-state index in [2.05, 4.69) is 15.6 Å². The molecular formula is C23H28N4O4S2. The quantitative estimate of drug-likeness (QED) is 0.423. The number of rotatable bonds is 8. The fraction of sp³-hybridized carbons (Fsp3) is 0.391. The minimum Gasteiger partial charge on any atom is -0.361 e. The monoisotopic (exact) mass is 488 g/mol. The van der Waals surface area contributed by atoms with Crippen molar-refractivity contribution in [3.63, 3.8) is 0 Å². The third-order valence-corrected chi connectivity index (χ3v) is 9.28. The van der Waals surface area contributed by atoms with Gasteiger partial charge in [0.05, 0.1) is 0 Å². The van der Waals surface area contributed by atoms with Gasteiger partial charge >= 0.3 is 11.8 Å². The molecule has 0 radical (unpaired) electrons. The highest BCUT2D eigenvalue weighted by atomic mass is 32.2. The molecule has 1 unspecified atom stereocenters. The molecule has 0 spiro atoms. The summed E-state index contributed by atoms with van der Waals surface area (Å²) in [6, 6.07) is 11.1. The van der Waals surface area contributed by atoms with Gasteiger partial charge < -0.3 is 15.6 Å². The Morgan fingerprint density at radius 2 is 1.85 bits per heavy atom. The second kappa shape index (κ2) is 10.5. The maximum absolute atomic E-state index is 12.9. The molecule has 0 aliphatic carbocycles. The normalized spacial score (nSPS) is 17.2. The van der Waals surface area contributed by atoms with Gasteiger partial charge in [-0.25, -0.2) is 8.42 Å². The molecule has 1 aromatic carbocycles. The van der Waals surface area contributed by atoms with E-state index in [0.717, 1.165) is 35.7 Å². The summed E-state index contributed by atoms with van der Waals surface area (Å²) in [5, 5.41) is 8.15. The molecule has 2 aromatic heterocycles. The van der Waals surface area contributed by atoms with Crippen LogP contribution in [0, 0.1) is 0 Å². The molecule has 1 atom stereocenters. The average molecular weight is 489 g/mol. The summed E-state index contributed by atoms with van der Waals surface area (Å²) in [6.07, 6.45) is 5.52. The van der Waals surface area contributed by atoms with Gasteiger partial charge in [0.15, 0.2) is 0 Å². The lowest BCUT2D eigenvalue weighted by Crippen LogP contribution is -2.46. The van der Waals surface area contributed by atoms with Crippen molar-refractivity contribution in [2.45, 2.75) is 42.4 Å². The zero-order valence-electron chi connectivity index (χ0n) is 18.2. The summed E-state index contributed by atoms with van der Waals surface area (Å²) >= 11 is 1.21. The van der Waals surface area contributed by atoms with Crippen LogP contribution in [0.3, 0.4) is 0 Å². The molecule has 2 amide bonds. The van der Waals surface area contributed by atoms with E-state index >= 15 is 0 Å². The molecule has 0 saturated carbocycles. The van der Waals surface area contributed by atoms with Crippen LogP contribution in [0.2, 0.25) is 0 Å². The number of aromatic nitrogens is 1. The third kappa shape index (κ3) is 5.45. The zero-order chi connectivity index (χ0) is 23.3. The molecule has 0 bridgehead atoms. The molecular weight excluding hydrogens is 460 g/mol. The van der Waals surface area contributed by atoms with Gasteiger partial charge in [0.2, 0.25) is 0 Å². The van der Waals surface area contributed by atoms with E-state index < -0.39 is 21.8 Å². The standard InChI is InChI=1S/C23H28N4O4S2/c28-22(24-12-10-17-16-26-20-8-2-1-7-19(17)20)23(29)25-13-11-18-6-3-4-14-27(18)33(30,31)21-9-5-15-32-21/h1-2,5,7-9,15-16,18,26H,3-4,6,10-14H2,(H,24,28)(H,25,29). The maximum Gasteiger partial charge on any atom is 0.309 e. The average Bonchev–Trinajstić information content (AvgIpc) is 3.50. The largest absolute Gasteiger partial charge is 0.361 e. The Morgan fingerprint density at radius 1 is 1.06 bits per heavy atom. The molecule has 176 valence electrons. The van der Waals surface area contributed by atoms with Gasteiger partial charge in [-0.2, -0.15) is 4.31 Å². The van der Waals surface area contributed by atoms with Crippen LogP contribution < -0.4 is 10.6 Å². The number of aromatic amines is 1. The Bertz CT molecular complexity index is 1200. The molecule has 3 heterocycles. The topological polar surface area (TPSA) is 111 Å². The van der Waals surface area contributed by atoms with Crippen molar-refractivity contribution in [1.29, 1.82) is 0 Å². The van der Waals surface area contributed by atoms with E-state index in [0.29, 0.717) is 30.1 Å². The van der Waals surface area contributed by atoms with Crippen molar-refractivity contribution in [3.8, 4) is 0 Å². The van der Waals surface area contributed by atoms with Gasteiger partial charge in [0.1, 0.15) is 4.21 Å². The number of hydrogen-bond donors (Lipinski definition) is 3. The van der Waals surface area contributed by atoms with Crippen molar-refractivity contribution in [2.24, 2.45) is 0 Å². The Kier molecular flexibility index (Phi) is 7.46. The van der Waals surface area contributed by atoms with E-state index in [-0.39, 0.29) is 12.6 Å². The molecule has 3 N–H and O–H groups in total. The number of H-pyrrole nitrogens is 1. The van der Waals surface area contributed by atoms with Crippen LogP contribution in [-0.4, -0.2) is 55.2 Å². The summed E-state index contributed by atoms with van der Waals surface area (Å²) in [5.74, 6) is -1.38. The highest BCUT2D eigenvalue weighted by molar-refractivity contribution is 7.91. The molecule has 1 fully saturated rings. The number of amides is 2. The minimum absolute atomic E-state index is 0.184. The van der Waals surface area contributed by atoms with Crippen LogP contribution in [0.4, 0.5) is 0 Å². The minimum atomic E-state index is -3.53. The van der Waals surface area contributed by atoms with Gasteiger partial charge in [0, 0.05) is 42.8 Å². The number of carbonyl (C=O) groups is 2. The highest BCUT2D eigenvalue weighted by Gasteiger charge is 2.33. The SMILES string of the molecule is O=C(NCCc1c[nH]c2ccccc12)C(=O)NCCC1CCCCN1S(=O)(=O)c1cccs1. The lowest BCUT2D eigenvalue weighted by atomic mass is 10.0. The number of thiophene rings is 1. The maximum atomic E-state index is 12.9. The summed E-state index contributed by atoms with van der Waals surface area (Å²) < 4.78 is 27.8. The number of para-hydroxylation sites is 1. The van der Waals surface area contributed by atoms with E-state index in [1.54, 1.807) is 21.8 Å². The van der Waals surface area contributed by atoms with Crippen molar-refractivity contribution in [3.05, 3.63) is 53.5 Å². The van der Waals surface area contributed by atoms with Gasteiger partial charge in [-0.1, -0.05) is 30.7 Å². The Balaban J connectivity index is 1.23. The Labute approximate surface area is 197 Å². The second-order valence-corrected chi connectivity index (χ2v) is 11.2. The fourth-order valence-electron chi connectivity index (χ4n) is 4.27. The van der Waals surface area contributed by atoms with Crippen LogP contribution >= 0.6 is 11.3 Å². The lowest BCUT2D eigenvalue weighted by molar-refractivity contribution is -0.139. The first-order valence-electron chi connectivity index (χ1n) is 11.1. The van der Waals surface area contributed by atoms with E-state index in [4.69, 9.17) is 0 Å². The highest BCUT2D eigenvalue weighted by Crippen LogP contribution is 2.29. The van der Waals surface area contributed by atoms with Crippen LogP contribution in [0.1, 0.15) is 31.2 Å². The van der Waals surface area contributed by atoms with Gasteiger partial charge in [-0.05, 0) is 48.8 Å². The summed E-state index contributed by atoms with van der Waals surface area (Å²) in [5.41, 5.74) is 2.12. The summed E-state index contributed by atoms with van der Waals surface area (Å²) in [7, 11) is -3.53. The predicted octanol–water partition coefficient (Wildman–Crippen LogP) is 2.64. The molecule has 33 heavy (non-hydrogen) atoms. The van der Waals surface area contributed by atoms with Gasteiger partial charge in [-0.15, -0.1) is 11.3 Å².